The summed E-state index contributed by atoms with van der Waals surface area (Å²) >= 11 is 0. The molecule has 13 nitrogen and oxygen atoms in total. The molecule has 2 saturated heterocycles. The number of imidazole rings is 1. The zero-order valence-corrected chi connectivity index (χ0v) is 30.8. The first-order chi connectivity index (χ1) is 27.0. The SMILES string of the molecule is C[C@H](OC(=O)NCCOCCN1C(=O)C=CC1=O)C(=O)N(C[C@@H]1CNC[C@@H]1F)[C@@H](c1nc(-c2cc(F)ccc2F)cn1Cc1cccc(F)c1)C1CCOCC1. The van der Waals surface area contributed by atoms with Crippen LogP contribution in [0.1, 0.15) is 37.2 Å². The van der Waals surface area contributed by atoms with Gasteiger partial charge in [0.2, 0.25) is 0 Å². The number of amides is 4. The van der Waals surface area contributed by atoms with E-state index in [9.17, 15) is 28.0 Å². The van der Waals surface area contributed by atoms with Gasteiger partial charge in [0.1, 0.15) is 29.4 Å². The van der Waals surface area contributed by atoms with Crippen LogP contribution >= 0.6 is 0 Å². The highest BCUT2D eigenvalue weighted by Gasteiger charge is 2.42. The average molecular weight is 785 g/mol. The third-order valence-corrected chi connectivity index (χ3v) is 10.0. The molecule has 1 aromatic heterocycles. The van der Waals surface area contributed by atoms with Crippen molar-refractivity contribution in [3.05, 3.63) is 89.7 Å². The maximum Gasteiger partial charge on any atom is 0.407 e. The molecule has 56 heavy (non-hydrogen) atoms. The van der Waals surface area contributed by atoms with Crippen LogP contribution in [0.25, 0.3) is 11.3 Å². The highest BCUT2D eigenvalue weighted by atomic mass is 19.1. The summed E-state index contributed by atoms with van der Waals surface area (Å²) in [5, 5.41) is 5.53. The lowest BCUT2D eigenvalue weighted by molar-refractivity contribution is -0.146. The van der Waals surface area contributed by atoms with E-state index in [1.54, 1.807) is 16.7 Å². The molecule has 0 saturated carbocycles. The van der Waals surface area contributed by atoms with Crippen LogP contribution < -0.4 is 10.6 Å². The third-order valence-electron chi connectivity index (χ3n) is 10.0. The highest BCUT2D eigenvalue weighted by Crippen LogP contribution is 2.38. The number of ether oxygens (including phenoxy) is 3. The minimum atomic E-state index is -1.36. The van der Waals surface area contributed by atoms with Crippen molar-refractivity contribution in [3.8, 4) is 11.3 Å². The maximum absolute atomic E-state index is 15.3. The molecular formula is C39H44F4N6O7. The van der Waals surface area contributed by atoms with E-state index in [4.69, 9.17) is 19.2 Å². The van der Waals surface area contributed by atoms with Crippen molar-refractivity contribution in [2.24, 2.45) is 11.8 Å². The lowest BCUT2D eigenvalue weighted by atomic mass is 9.88. The van der Waals surface area contributed by atoms with Crippen molar-refractivity contribution >= 4 is 23.8 Å². The van der Waals surface area contributed by atoms with Gasteiger partial charge < -0.3 is 34.3 Å². The summed E-state index contributed by atoms with van der Waals surface area (Å²) in [6, 6.07) is 7.99. The second kappa shape index (κ2) is 18.7. The van der Waals surface area contributed by atoms with Gasteiger partial charge in [0.15, 0.2) is 6.10 Å². The van der Waals surface area contributed by atoms with E-state index < -0.39 is 65.5 Å². The molecule has 4 amide bonds. The Kier molecular flexibility index (Phi) is 13.5. The molecule has 4 heterocycles. The van der Waals surface area contributed by atoms with Crippen molar-refractivity contribution in [2.75, 3.05) is 59.2 Å². The fourth-order valence-corrected chi connectivity index (χ4v) is 7.18. The lowest BCUT2D eigenvalue weighted by Crippen LogP contribution is -2.49. The van der Waals surface area contributed by atoms with Crippen LogP contribution in [0.15, 0.2) is 60.8 Å². The van der Waals surface area contributed by atoms with Gasteiger partial charge in [-0.2, -0.15) is 0 Å². The van der Waals surface area contributed by atoms with Crippen LogP contribution in [0.5, 0.6) is 0 Å². The van der Waals surface area contributed by atoms with E-state index in [0.717, 1.165) is 23.1 Å². The summed E-state index contributed by atoms with van der Waals surface area (Å²) in [7, 11) is 0. The van der Waals surface area contributed by atoms with E-state index in [1.807, 2.05) is 0 Å². The number of nitrogens with one attached hydrogen (secondary N) is 2. The lowest BCUT2D eigenvalue weighted by Gasteiger charge is -2.40. The molecule has 3 aliphatic heterocycles. The molecule has 2 N–H and O–H groups in total. The maximum atomic E-state index is 15.3. The Hall–Kier alpha value is -5.13. The Morgan fingerprint density at radius 2 is 1.79 bits per heavy atom. The second-order valence-electron chi connectivity index (χ2n) is 13.9. The number of carbonyl (C=O) groups excluding carboxylic acids is 4. The van der Waals surface area contributed by atoms with E-state index in [-0.39, 0.29) is 75.5 Å². The van der Waals surface area contributed by atoms with Gasteiger partial charge in [0.05, 0.1) is 31.5 Å². The molecule has 6 rings (SSSR count). The summed E-state index contributed by atoms with van der Waals surface area (Å²) in [5.74, 6) is -4.07. The van der Waals surface area contributed by atoms with Gasteiger partial charge >= 0.3 is 6.09 Å². The fourth-order valence-electron chi connectivity index (χ4n) is 7.18. The molecule has 3 aromatic rings. The standard InChI is InChI=1S/C39H44F4N6O7/c1-24(56-39(53)45-11-15-55-16-12-48-34(50)7-8-35(48)51)38(52)49(22-27-19-44-20-32(27)43)36(26-9-13-54-14-10-26)37-46-33(30-18-29(41)5-6-31(30)42)23-47(37)21-25-3-2-4-28(40)17-25/h2-8,17-18,23-24,26-27,32,36,44H,9-16,19-22H2,1H3,(H,45,53)/t24-,27-,32-,36+/m0/s1. The number of carbonyl (C=O) groups is 4. The Morgan fingerprint density at radius 1 is 1.04 bits per heavy atom. The second-order valence-corrected chi connectivity index (χ2v) is 13.9. The highest BCUT2D eigenvalue weighted by molar-refractivity contribution is 6.12. The number of nitrogens with zero attached hydrogens (tertiary/aromatic N) is 4. The minimum absolute atomic E-state index is 0.0114. The molecule has 300 valence electrons. The topological polar surface area (TPSA) is 144 Å². The van der Waals surface area contributed by atoms with Crippen molar-refractivity contribution < 1.29 is 51.0 Å². The number of imide groups is 1. The molecule has 17 heteroatoms. The predicted molar refractivity (Wildman–Crippen MR) is 193 cm³/mol. The van der Waals surface area contributed by atoms with E-state index in [2.05, 4.69) is 10.6 Å². The molecule has 0 aliphatic carbocycles. The molecule has 2 fully saturated rings. The smallest absolute Gasteiger partial charge is 0.407 e. The fraction of sp³-hybridized carbons (Fsp3) is 0.462. The van der Waals surface area contributed by atoms with Crippen molar-refractivity contribution in [1.29, 1.82) is 0 Å². The Morgan fingerprint density at radius 3 is 2.50 bits per heavy atom. The number of alkyl carbamates (subject to hydrolysis) is 1. The first kappa shape index (κ1) is 40.5. The zero-order chi connectivity index (χ0) is 39.8. The molecule has 0 bridgehead atoms. The number of hydrogen-bond acceptors (Lipinski definition) is 9. The largest absolute Gasteiger partial charge is 0.436 e. The molecule has 2 aromatic carbocycles. The average Bonchev–Trinajstić information content (AvgIpc) is 3.88. The number of rotatable bonds is 16. The van der Waals surface area contributed by atoms with E-state index in [0.29, 0.717) is 31.6 Å². The van der Waals surface area contributed by atoms with Crippen molar-refractivity contribution in [3.63, 3.8) is 0 Å². The monoisotopic (exact) mass is 784 g/mol. The normalized spacial score (nSPS) is 19.7. The third kappa shape index (κ3) is 9.99. The van der Waals surface area contributed by atoms with E-state index >= 15 is 8.78 Å². The number of alkyl halides is 1. The van der Waals surface area contributed by atoms with Crippen molar-refractivity contribution in [2.45, 2.75) is 44.6 Å². The van der Waals surface area contributed by atoms with Gasteiger partial charge in [0, 0.05) is 75.8 Å². The molecule has 3 aliphatic rings. The summed E-state index contributed by atoms with van der Waals surface area (Å²) in [5.41, 5.74) is 0.490. The molecular weight excluding hydrogens is 740 g/mol. The van der Waals surface area contributed by atoms with Gasteiger partial charge in [-0.05, 0) is 61.6 Å². The van der Waals surface area contributed by atoms with Gasteiger partial charge in [-0.1, -0.05) is 12.1 Å². The van der Waals surface area contributed by atoms with Gasteiger partial charge in [-0.3, -0.25) is 19.3 Å². The molecule has 0 unspecified atom stereocenters. The van der Waals surface area contributed by atoms with Gasteiger partial charge in [0.25, 0.3) is 17.7 Å². The van der Waals surface area contributed by atoms with Crippen molar-refractivity contribution in [1.82, 2.24) is 30.0 Å². The Labute approximate surface area is 321 Å². The van der Waals surface area contributed by atoms with Crippen LogP contribution in [0.2, 0.25) is 0 Å². The Bertz CT molecular complexity index is 1900. The van der Waals surface area contributed by atoms with Crippen LogP contribution in [-0.2, 0) is 35.1 Å². The Balaban J connectivity index is 1.26. The quantitative estimate of drug-likeness (QED) is 0.126. The number of benzene rings is 2. The van der Waals surface area contributed by atoms with Crippen LogP contribution in [0.4, 0.5) is 22.4 Å². The van der Waals surface area contributed by atoms with Gasteiger partial charge in [-0.15, -0.1) is 0 Å². The van der Waals surface area contributed by atoms with Crippen LogP contribution in [0, 0.1) is 29.3 Å². The number of hydrogen-bond donors (Lipinski definition) is 2. The summed E-state index contributed by atoms with van der Waals surface area (Å²) in [6.45, 7) is 2.52. The van der Waals surface area contributed by atoms with Crippen LogP contribution in [0.3, 0.4) is 0 Å². The molecule has 4 atom stereocenters. The summed E-state index contributed by atoms with van der Waals surface area (Å²) in [4.78, 5) is 58.2. The first-order valence-electron chi connectivity index (χ1n) is 18.5. The van der Waals surface area contributed by atoms with Crippen LogP contribution in [-0.4, -0.2) is 115 Å². The summed E-state index contributed by atoms with van der Waals surface area (Å²) in [6.07, 6.45) is 1.23. The first-order valence-corrected chi connectivity index (χ1v) is 18.5. The number of aromatic nitrogens is 2. The predicted octanol–water partition coefficient (Wildman–Crippen LogP) is 3.93. The molecule has 0 radical (unpaired) electrons. The number of halogens is 4. The molecule has 0 spiro atoms. The summed E-state index contributed by atoms with van der Waals surface area (Å²) < 4.78 is 77.6. The zero-order valence-electron chi connectivity index (χ0n) is 30.8. The van der Waals surface area contributed by atoms with E-state index in [1.165, 1.54) is 42.3 Å². The van der Waals surface area contributed by atoms with Gasteiger partial charge in [-0.25, -0.2) is 27.3 Å². The minimum Gasteiger partial charge on any atom is -0.436 e.